The third-order valence-electron chi connectivity index (χ3n) is 6.07. The number of rotatable bonds is 7. The van der Waals surface area contributed by atoms with E-state index < -0.39 is 18.0 Å². The molecule has 0 aliphatic heterocycles. The van der Waals surface area contributed by atoms with Gasteiger partial charge in [-0.2, -0.15) is 0 Å². The van der Waals surface area contributed by atoms with Crippen molar-refractivity contribution in [2.75, 3.05) is 12.4 Å². The van der Waals surface area contributed by atoms with Gasteiger partial charge < -0.3 is 14.8 Å². The lowest BCUT2D eigenvalue weighted by Crippen LogP contribution is -2.26. The molecule has 1 amide bonds. The molecule has 5 aromatic rings. The number of carbonyl (C=O) groups excluding carboxylic acids is 2. The number of aromatic nitrogens is 2. The highest BCUT2D eigenvalue weighted by molar-refractivity contribution is 6.06. The van der Waals surface area contributed by atoms with Gasteiger partial charge in [-0.25, -0.2) is 9.78 Å². The van der Waals surface area contributed by atoms with Crippen molar-refractivity contribution >= 4 is 28.5 Å². The monoisotopic (exact) mass is 503 g/mol. The van der Waals surface area contributed by atoms with Gasteiger partial charge in [0.15, 0.2) is 0 Å². The first-order valence-corrected chi connectivity index (χ1v) is 12.0. The number of anilines is 1. The van der Waals surface area contributed by atoms with Gasteiger partial charge in [0.05, 0.1) is 29.6 Å². The van der Waals surface area contributed by atoms with E-state index in [-0.39, 0.29) is 0 Å². The largest absolute Gasteiger partial charge is 0.495 e. The van der Waals surface area contributed by atoms with Crippen LogP contribution in [0, 0.1) is 6.92 Å². The standard InChI is InChI=1S/C31H25N3O4/c1-20-14-15-28(37-2)27(17-20)34-30(35)29(21-9-4-3-5-10-21)38-31(36)24-18-26(22-11-8-16-32-19-22)33-25-13-7-6-12-23(24)25/h3-19,29H,1-2H3,(H,34,35)/t29-/m0/s1. The highest BCUT2D eigenvalue weighted by Gasteiger charge is 2.28. The first-order valence-electron chi connectivity index (χ1n) is 12.0. The summed E-state index contributed by atoms with van der Waals surface area (Å²) < 4.78 is 11.3. The molecule has 2 aromatic heterocycles. The lowest BCUT2D eigenvalue weighted by molar-refractivity contribution is -0.125. The van der Waals surface area contributed by atoms with Crippen molar-refractivity contribution in [1.29, 1.82) is 0 Å². The predicted molar refractivity (Wildman–Crippen MR) is 146 cm³/mol. The Morgan fingerprint density at radius 1 is 0.895 bits per heavy atom. The molecule has 7 nitrogen and oxygen atoms in total. The van der Waals surface area contributed by atoms with Crippen LogP contribution in [-0.2, 0) is 9.53 Å². The number of pyridine rings is 2. The molecule has 0 aliphatic rings. The van der Waals surface area contributed by atoms with Gasteiger partial charge in [-0.15, -0.1) is 0 Å². The van der Waals surface area contributed by atoms with Gasteiger partial charge in [0.1, 0.15) is 5.75 Å². The van der Waals surface area contributed by atoms with Crippen molar-refractivity contribution in [2.24, 2.45) is 0 Å². The smallest absolute Gasteiger partial charge is 0.340 e. The molecule has 188 valence electrons. The molecule has 0 bridgehead atoms. The molecule has 3 aromatic carbocycles. The van der Waals surface area contributed by atoms with Crippen molar-refractivity contribution in [2.45, 2.75) is 13.0 Å². The van der Waals surface area contributed by atoms with E-state index in [4.69, 9.17) is 14.5 Å². The Bertz CT molecular complexity index is 1600. The molecule has 2 heterocycles. The Kier molecular flexibility index (Phi) is 7.08. The second-order valence-electron chi connectivity index (χ2n) is 8.70. The van der Waals surface area contributed by atoms with Crippen LogP contribution in [0.4, 0.5) is 5.69 Å². The van der Waals surface area contributed by atoms with Gasteiger partial charge in [-0.1, -0.05) is 54.6 Å². The number of hydrogen-bond acceptors (Lipinski definition) is 6. The molecule has 0 saturated heterocycles. The average Bonchev–Trinajstić information content (AvgIpc) is 2.96. The number of hydrogen-bond donors (Lipinski definition) is 1. The summed E-state index contributed by atoms with van der Waals surface area (Å²) in [6, 6.07) is 27.0. The fourth-order valence-electron chi connectivity index (χ4n) is 4.20. The van der Waals surface area contributed by atoms with Gasteiger partial charge in [-0.05, 0) is 48.9 Å². The number of benzene rings is 3. The number of ether oxygens (including phenoxy) is 2. The molecule has 1 atom stereocenters. The van der Waals surface area contributed by atoms with Crippen LogP contribution in [0.5, 0.6) is 5.75 Å². The van der Waals surface area contributed by atoms with E-state index in [0.717, 1.165) is 11.1 Å². The van der Waals surface area contributed by atoms with Gasteiger partial charge in [-0.3, -0.25) is 9.78 Å². The van der Waals surface area contributed by atoms with Crippen LogP contribution >= 0.6 is 0 Å². The Morgan fingerprint density at radius 2 is 1.68 bits per heavy atom. The van der Waals surface area contributed by atoms with E-state index in [1.54, 1.807) is 67.0 Å². The topological polar surface area (TPSA) is 90.4 Å². The van der Waals surface area contributed by atoms with Crippen LogP contribution in [0.3, 0.4) is 0 Å². The number of esters is 1. The van der Waals surface area contributed by atoms with Crippen LogP contribution < -0.4 is 10.1 Å². The minimum Gasteiger partial charge on any atom is -0.495 e. The summed E-state index contributed by atoms with van der Waals surface area (Å²) in [6.07, 6.45) is 2.15. The fourth-order valence-corrected chi connectivity index (χ4v) is 4.20. The molecule has 0 fully saturated rings. The third-order valence-corrected chi connectivity index (χ3v) is 6.07. The lowest BCUT2D eigenvalue weighted by Gasteiger charge is -2.20. The van der Waals surface area contributed by atoms with E-state index in [1.165, 1.54) is 7.11 Å². The Morgan fingerprint density at radius 3 is 2.45 bits per heavy atom. The van der Waals surface area contributed by atoms with Crippen molar-refractivity contribution in [3.05, 3.63) is 120 Å². The predicted octanol–water partition coefficient (Wildman–Crippen LogP) is 6.15. The van der Waals surface area contributed by atoms with Crippen molar-refractivity contribution in [3.63, 3.8) is 0 Å². The van der Waals surface area contributed by atoms with Gasteiger partial charge in [0.25, 0.3) is 5.91 Å². The number of nitrogens with zero attached hydrogens (tertiary/aromatic N) is 2. The summed E-state index contributed by atoms with van der Waals surface area (Å²) in [5, 5.41) is 3.49. The number of fused-ring (bicyclic) bond motifs is 1. The zero-order valence-corrected chi connectivity index (χ0v) is 20.9. The van der Waals surface area contributed by atoms with E-state index in [9.17, 15) is 9.59 Å². The maximum Gasteiger partial charge on any atom is 0.340 e. The van der Waals surface area contributed by atoms with E-state index in [0.29, 0.717) is 39.2 Å². The summed E-state index contributed by atoms with van der Waals surface area (Å²) in [7, 11) is 1.53. The second kappa shape index (κ2) is 10.9. The molecule has 0 unspecified atom stereocenters. The van der Waals surface area contributed by atoms with Crippen LogP contribution in [0.25, 0.3) is 22.2 Å². The zero-order valence-electron chi connectivity index (χ0n) is 20.9. The molecule has 1 N–H and O–H groups in total. The van der Waals surface area contributed by atoms with Crippen LogP contribution in [0.1, 0.15) is 27.6 Å². The van der Waals surface area contributed by atoms with Crippen molar-refractivity contribution in [1.82, 2.24) is 9.97 Å². The lowest BCUT2D eigenvalue weighted by atomic mass is 10.0. The summed E-state index contributed by atoms with van der Waals surface area (Å²) in [5.74, 6) is -0.642. The number of para-hydroxylation sites is 1. The van der Waals surface area contributed by atoms with Gasteiger partial charge in [0, 0.05) is 28.9 Å². The quantitative estimate of drug-likeness (QED) is 0.268. The normalized spacial score (nSPS) is 11.5. The van der Waals surface area contributed by atoms with Crippen LogP contribution in [-0.4, -0.2) is 29.0 Å². The fraction of sp³-hybridized carbons (Fsp3) is 0.0968. The minimum atomic E-state index is -1.21. The Balaban J connectivity index is 1.53. The molecular weight excluding hydrogens is 478 g/mol. The Hall–Kier alpha value is -5.04. The first kappa shape index (κ1) is 24.6. The van der Waals surface area contributed by atoms with Gasteiger partial charge in [0.2, 0.25) is 6.10 Å². The second-order valence-corrected chi connectivity index (χ2v) is 8.70. The Labute approximate surface area is 220 Å². The molecular formula is C31H25N3O4. The van der Waals surface area contributed by atoms with Crippen molar-refractivity contribution in [3.8, 4) is 17.0 Å². The molecule has 5 rings (SSSR count). The van der Waals surface area contributed by atoms with Crippen LogP contribution in [0.15, 0.2) is 103 Å². The zero-order chi connectivity index (χ0) is 26.5. The van der Waals surface area contributed by atoms with E-state index in [1.807, 2.05) is 43.3 Å². The SMILES string of the molecule is COc1ccc(C)cc1NC(=O)[C@@H](OC(=O)c1cc(-c2cccnc2)nc2ccccc12)c1ccccc1. The first-order chi connectivity index (χ1) is 18.5. The summed E-state index contributed by atoms with van der Waals surface area (Å²) in [6.45, 7) is 1.91. The summed E-state index contributed by atoms with van der Waals surface area (Å²) in [5.41, 5.74) is 4.24. The number of methoxy groups -OCH3 is 1. The average molecular weight is 504 g/mol. The van der Waals surface area contributed by atoms with E-state index in [2.05, 4.69) is 10.3 Å². The maximum absolute atomic E-state index is 13.7. The summed E-state index contributed by atoms with van der Waals surface area (Å²) in [4.78, 5) is 36.1. The minimum absolute atomic E-state index is 0.302. The number of nitrogens with one attached hydrogen (secondary N) is 1. The molecule has 0 aliphatic carbocycles. The molecule has 38 heavy (non-hydrogen) atoms. The molecule has 0 saturated carbocycles. The number of amides is 1. The molecule has 0 spiro atoms. The third kappa shape index (κ3) is 5.22. The highest BCUT2D eigenvalue weighted by atomic mass is 16.5. The maximum atomic E-state index is 13.7. The van der Waals surface area contributed by atoms with Crippen LogP contribution in [0.2, 0.25) is 0 Å². The molecule has 0 radical (unpaired) electrons. The molecule has 7 heteroatoms. The number of aryl methyl sites for hydroxylation is 1. The van der Waals surface area contributed by atoms with Gasteiger partial charge >= 0.3 is 5.97 Å². The highest BCUT2D eigenvalue weighted by Crippen LogP contribution is 2.30. The van der Waals surface area contributed by atoms with E-state index >= 15 is 0 Å². The number of carbonyl (C=O) groups is 2. The summed E-state index contributed by atoms with van der Waals surface area (Å²) >= 11 is 0. The van der Waals surface area contributed by atoms with Crippen molar-refractivity contribution < 1.29 is 19.1 Å².